The normalized spacial score (nSPS) is 19.3. The van der Waals surface area contributed by atoms with Crippen molar-refractivity contribution in [2.24, 2.45) is 0 Å². The molecule has 0 spiro atoms. The van der Waals surface area contributed by atoms with Gasteiger partial charge in [-0.2, -0.15) is 0 Å². The van der Waals surface area contributed by atoms with Crippen LogP contribution in [0.1, 0.15) is 40.2 Å². The van der Waals surface area contributed by atoms with E-state index in [2.05, 4.69) is 4.98 Å². The van der Waals surface area contributed by atoms with Gasteiger partial charge in [0, 0.05) is 24.4 Å². The predicted octanol–water partition coefficient (Wildman–Crippen LogP) is 4.37. The van der Waals surface area contributed by atoms with Gasteiger partial charge in [0.2, 0.25) is 0 Å². The standard InChI is InChI=1S/C20H18ClNO2/c1-11-6-12(2)18(13(3)7-11)19-17(23)9-15(20(19)24)8-14-4-5-22-10-16(14)21/h4-8,10,19H,9H2,1-3H3. The van der Waals surface area contributed by atoms with E-state index in [9.17, 15) is 9.59 Å². The lowest BCUT2D eigenvalue weighted by atomic mass is 9.87. The van der Waals surface area contributed by atoms with Crippen molar-refractivity contribution < 1.29 is 9.59 Å². The summed E-state index contributed by atoms with van der Waals surface area (Å²) >= 11 is 6.10. The molecule has 4 heteroatoms. The molecule has 3 rings (SSSR count). The van der Waals surface area contributed by atoms with E-state index in [0.29, 0.717) is 16.2 Å². The minimum Gasteiger partial charge on any atom is -0.298 e. The summed E-state index contributed by atoms with van der Waals surface area (Å²) in [5.74, 6) is -0.869. The second-order valence-electron chi connectivity index (χ2n) is 6.32. The smallest absolute Gasteiger partial charge is 0.174 e. The molecule has 1 aromatic carbocycles. The van der Waals surface area contributed by atoms with Gasteiger partial charge in [-0.1, -0.05) is 29.3 Å². The minimum absolute atomic E-state index is 0.0496. The number of benzene rings is 1. The number of ketones is 2. The first-order valence-corrected chi connectivity index (χ1v) is 8.21. The molecule has 0 N–H and O–H groups in total. The first-order valence-electron chi connectivity index (χ1n) is 7.83. The third kappa shape index (κ3) is 2.92. The number of pyridine rings is 1. The molecule has 3 nitrogen and oxygen atoms in total. The fourth-order valence-electron chi connectivity index (χ4n) is 3.46. The van der Waals surface area contributed by atoms with Crippen LogP contribution in [0, 0.1) is 20.8 Å². The second-order valence-corrected chi connectivity index (χ2v) is 6.73. The molecular weight excluding hydrogens is 322 g/mol. The van der Waals surface area contributed by atoms with E-state index in [1.54, 1.807) is 18.3 Å². The average molecular weight is 340 g/mol. The maximum Gasteiger partial charge on any atom is 0.174 e. The Bertz CT molecular complexity index is 860. The summed E-state index contributed by atoms with van der Waals surface area (Å²) < 4.78 is 0. The largest absolute Gasteiger partial charge is 0.298 e. The molecule has 1 heterocycles. The first-order chi connectivity index (χ1) is 11.4. The molecule has 1 unspecified atom stereocenters. The van der Waals surface area contributed by atoms with Gasteiger partial charge in [0.05, 0.1) is 5.02 Å². The van der Waals surface area contributed by atoms with Gasteiger partial charge in [-0.05, 0) is 55.2 Å². The third-order valence-electron chi connectivity index (χ3n) is 4.43. The molecular formula is C20H18ClNO2. The molecule has 0 radical (unpaired) electrons. The maximum atomic E-state index is 12.9. The Labute approximate surface area is 146 Å². The van der Waals surface area contributed by atoms with Crippen molar-refractivity contribution >= 4 is 29.2 Å². The van der Waals surface area contributed by atoms with Crippen LogP contribution in [0.5, 0.6) is 0 Å². The SMILES string of the molecule is Cc1cc(C)c(C2C(=O)CC(=Cc3ccncc3Cl)C2=O)c(C)c1. The average Bonchev–Trinajstić information content (AvgIpc) is 2.76. The van der Waals surface area contributed by atoms with Gasteiger partial charge in [-0.3, -0.25) is 14.6 Å². The zero-order chi connectivity index (χ0) is 17.4. The van der Waals surface area contributed by atoms with Crippen molar-refractivity contribution in [2.45, 2.75) is 33.1 Å². The summed E-state index contributed by atoms with van der Waals surface area (Å²) in [7, 11) is 0. The number of allylic oxidation sites excluding steroid dienone is 1. The number of rotatable bonds is 2. The molecule has 0 saturated heterocycles. The quantitative estimate of drug-likeness (QED) is 0.603. The van der Waals surface area contributed by atoms with Crippen molar-refractivity contribution in [3.63, 3.8) is 0 Å². The monoisotopic (exact) mass is 339 g/mol. The fourth-order valence-corrected chi connectivity index (χ4v) is 3.63. The fraction of sp³-hybridized carbons (Fsp3) is 0.250. The number of carbonyl (C=O) groups is 2. The van der Waals surface area contributed by atoms with Crippen LogP contribution < -0.4 is 0 Å². The molecule has 0 bridgehead atoms. The Morgan fingerprint density at radius 3 is 2.46 bits per heavy atom. The van der Waals surface area contributed by atoms with Gasteiger partial charge >= 0.3 is 0 Å². The number of Topliss-reactive ketones (excluding diaryl/α,β-unsaturated/α-hetero) is 2. The molecule has 0 amide bonds. The highest BCUT2D eigenvalue weighted by Crippen LogP contribution is 2.37. The lowest BCUT2D eigenvalue weighted by Gasteiger charge is -2.15. The molecule has 1 aliphatic rings. The van der Waals surface area contributed by atoms with E-state index in [1.165, 1.54) is 6.20 Å². The molecule has 2 aromatic rings. The van der Waals surface area contributed by atoms with E-state index in [1.807, 2.05) is 32.9 Å². The maximum absolute atomic E-state index is 12.9. The van der Waals surface area contributed by atoms with E-state index in [-0.39, 0.29) is 18.0 Å². The van der Waals surface area contributed by atoms with Crippen molar-refractivity contribution in [3.05, 3.63) is 69.0 Å². The first kappa shape index (κ1) is 16.6. The van der Waals surface area contributed by atoms with Gasteiger partial charge in [-0.15, -0.1) is 0 Å². The van der Waals surface area contributed by atoms with Crippen LogP contribution in [0.2, 0.25) is 5.02 Å². The summed E-state index contributed by atoms with van der Waals surface area (Å²) in [6.07, 6.45) is 5.00. The molecule has 1 aromatic heterocycles. The zero-order valence-electron chi connectivity index (χ0n) is 13.9. The van der Waals surface area contributed by atoms with Gasteiger partial charge in [0.1, 0.15) is 5.92 Å². The Morgan fingerprint density at radius 2 is 1.83 bits per heavy atom. The van der Waals surface area contributed by atoms with E-state index in [0.717, 1.165) is 22.3 Å². The van der Waals surface area contributed by atoms with Gasteiger partial charge < -0.3 is 0 Å². The molecule has 1 fully saturated rings. The van der Waals surface area contributed by atoms with Crippen LogP contribution in [-0.4, -0.2) is 16.6 Å². The highest BCUT2D eigenvalue weighted by molar-refractivity contribution is 6.32. The van der Waals surface area contributed by atoms with Crippen molar-refractivity contribution in [1.82, 2.24) is 4.98 Å². The van der Waals surface area contributed by atoms with Crippen LogP contribution >= 0.6 is 11.6 Å². The summed E-state index contributed by atoms with van der Waals surface area (Å²) in [6, 6.07) is 5.78. The minimum atomic E-state index is -0.697. The predicted molar refractivity (Wildman–Crippen MR) is 95.2 cm³/mol. The van der Waals surface area contributed by atoms with E-state index in [4.69, 9.17) is 11.6 Å². The van der Waals surface area contributed by atoms with Crippen molar-refractivity contribution in [3.8, 4) is 0 Å². The van der Waals surface area contributed by atoms with Crippen LogP contribution in [0.4, 0.5) is 0 Å². The third-order valence-corrected chi connectivity index (χ3v) is 4.74. The summed E-state index contributed by atoms with van der Waals surface area (Å²) in [5.41, 5.74) is 5.17. The number of hydrogen-bond donors (Lipinski definition) is 0. The lowest BCUT2D eigenvalue weighted by molar-refractivity contribution is -0.123. The highest BCUT2D eigenvalue weighted by atomic mass is 35.5. The summed E-state index contributed by atoms with van der Waals surface area (Å²) in [5, 5.41) is 0.469. The number of aromatic nitrogens is 1. The van der Waals surface area contributed by atoms with Crippen molar-refractivity contribution in [2.75, 3.05) is 0 Å². The van der Waals surface area contributed by atoms with Crippen molar-refractivity contribution in [1.29, 1.82) is 0 Å². The molecule has 1 aliphatic carbocycles. The van der Waals surface area contributed by atoms with Crippen LogP contribution in [0.3, 0.4) is 0 Å². The summed E-state index contributed by atoms with van der Waals surface area (Å²) in [4.78, 5) is 29.4. The van der Waals surface area contributed by atoms with Gasteiger partial charge in [0.15, 0.2) is 11.6 Å². The Balaban J connectivity index is 2.04. The Hall–Kier alpha value is -2.26. The number of hydrogen-bond acceptors (Lipinski definition) is 3. The molecule has 1 atom stereocenters. The van der Waals surface area contributed by atoms with E-state index >= 15 is 0 Å². The highest BCUT2D eigenvalue weighted by Gasteiger charge is 2.39. The van der Waals surface area contributed by atoms with Crippen LogP contribution in [-0.2, 0) is 9.59 Å². The lowest BCUT2D eigenvalue weighted by Crippen LogP contribution is -2.15. The number of carbonyl (C=O) groups excluding carboxylic acids is 2. The molecule has 24 heavy (non-hydrogen) atoms. The molecule has 1 saturated carbocycles. The zero-order valence-corrected chi connectivity index (χ0v) is 14.6. The van der Waals surface area contributed by atoms with Gasteiger partial charge in [0.25, 0.3) is 0 Å². The summed E-state index contributed by atoms with van der Waals surface area (Å²) in [6.45, 7) is 5.92. The number of nitrogens with zero attached hydrogens (tertiary/aromatic N) is 1. The second kappa shape index (κ2) is 6.33. The number of halogens is 1. The molecule has 122 valence electrons. The topological polar surface area (TPSA) is 47.0 Å². The molecule has 0 aliphatic heterocycles. The van der Waals surface area contributed by atoms with Crippen LogP contribution in [0.15, 0.2) is 36.2 Å². The Morgan fingerprint density at radius 1 is 1.17 bits per heavy atom. The van der Waals surface area contributed by atoms with E-state index < -0.39 is 5.92 Å². The Kier molecular flexibility index (Phi) is 4.37. The number of aryl methyl sites for hydroxylation is 3. The van der Waals surface area contributed by atoms with Gasteiger partial charge in [-0.25, -0.2) is 0 Å². The van der Waals surface area contributed by atoms with Crippen LogP contribution in [0.25, 0.3) is 6.08 Å².